The van der Waals surface area contributed by atoms with E-state index in [4.69, 9.17) is 14.0 Å². The minimum absolute atomic E-state index is 0.178. The molecule has 1 aliphatic rings. The smallest absolute Gasteiger partial charge is 0.240 e. The summed E-state index contributed by atoms with van der Waals surface area (Å²) >= 11 is 0. The molecule has 0 unspecified atom stereocenters. The van der Waals surface area contributed by atoms with E-state index in [0.717, 1.165) is 12.3 Å². The van der Waals surface area contributed by atoms with Crippen LogP contribution in [0.2, 0.25) is 0 Å². The Morgan fingerprint density at radius 3 is 2.43 bits per heavy atom. The Kier molecular flexibility index (Phi) is 5.53. The van der Waals surface area contributed by atoms with Gasteiger partial charge in [0.15, 0.2) is 6.61 Å². The molecule has 0 bridgehead atoms. The maximum absolute atomic E-state index is 12.9. The van der Waals surface area contributed by atoms with Gasteiger partial charge in [0.1, 0.15) is 17.3 Å². The highest BCUT2D eigenvalue weighted by molar-refractivity contribution is 5.27. The Morgan fingerprint density at radius 2 is 1.75 bits per heavy atom. The van der Waals surface area contributed by atoms with Gasteiger partial charge in [-0.05, 0) is 54.8 Å². The van der Waals surface area contributed by atoms with Crippen molar-refractivity contribution in [2.75, 3.05) is 7.11 Å². The Bertz CT molecular complexity index is 892. The molecule has 0 N–H and O–H groups in total. The second-order valence-electron chi connectivity index (χ2n) is 6.83. The normalized spacial score (nSPS) is 13.7. The third kappa shape index (κ3) is 4.86. The quantitative estimate of drug-likeness (QED) is 0.557. The fourth-order valence-electron chi connectivity index (χ4n) is 2.98. The Labute approximate surface area is 162 Å². The lowest BCUT2D eigenvalue weighted by Gasteiger charge is -2.20. The molecule has 3 aromatic rings. The molecule has 1 saturated carbocycles. The molecule has 1 aromatic heterocycles. The highest BCUT2D eigenvalue weighted by atomic mass is 19.1. The van der Waals surface area contributed by atoms with Crippen molar-refractivity contribution in [2.24, 2.45) is 0 Å². The van der Waals surface area contributed by atoms with E-state index in [2.05, 4.69) is 27.2 Å². The molecule has 0 atom stereocenters. The number of nitrogens with zero attached hydrogens (tertiary/aromatic N) is 3. The van der Waals surface area contributed by atoms with Gasteiger partial charge >= 0.3 is 0 Å². The van der Waals surface area contributed by atoms with E-state index in [1.165, 1.54) is 30.5 Å². The van der Waals surface area contributed by atoms with E-state index < -0.39 is 0 Å². The minimum Gasteiger partial charge on any atom is -0.497 e. The van der Waals surface area contributed by atoms with Gasteiger partial charge in [-0.2, -0.15) is 4.98 Å². The van der Waals surface area contributed by atoms with Gasteiger partial charge in [0.05, 0.1) is 13.7 Å². The first-order valence-corrected chi connectivity index (χ1v) is 9.26. The van der Waals surface area contributed by atoms with Crippen LogP contribution in [0.4, 0.5) is 4.39 Å². The lowest BCUT2D eigenvalue weighted by atomic mass is 10.2. The van der Waals surface area contributed by atoms with Gasteiger partial charge in [-0.3, -0.25) is 4.90 Å². The van der Waals surface area contributed by atoms with E-state index >= 15 is 0 Å². The summed E-state index contributed by atoms with van der Waals surface area (Å²) in [6, 6.07) is 14.5. The molecule has 6 nitrogen and oxygen atoms in total. The lowest BCUT2D eigenvalue weighted by Crippen LogP contribution is -2.25. The third-order valence-corrected chi connectivity index (χ3v) is 4.64. The average Bonchev–Trinajstić information content (AvgIpc) is 3.48. The number of ether oxygens (including phenoxy) is 2. The van der Waals surface area contributed by atoms with Crippen LogP contribution in [-0.4, -0.2) is 28.2 Å². The van der Waals surface area contributed by atoms with Crippen LogP contribution in [0.25, 0.3) is 0 Å². The van der Waals surface area contributed by atoms with Gasteiger partial charge < -0.3 is 14.0 Å². The summed E-state index contributed by atoms with van der Waals surface area (Å²) in [5, 5.41) is 3.98. The summed E-state index contributed by atoms with van der Waals surface area (Å²) in [5.41, 5.74) is 1.21. The lowest BCUT2D eigenvalue weighted by molar-refractivity contribution is 0.209. The molecule has 0 radical (unpaired) electrons. The Morgan fingerprint density at radius 1 is 1.04 bits per heavy atom. The van der Waals surface area contributed by atoms with Gasteiger partial charge in [-0.25, -0.2) is 4.39 Å². The minimum atomic E-state index is -0.300. The zero-order valence-electron chi connectivity index (χ0n) is 15.7. The summed E-state index contributed by atoms with van der Waals surface area (Å²) in [6.07, 6.45) is 2.37. The Hall–Kier alpha value is -2.93. The molecule has 28 heavy (non-hydrogen) atoms. The second-order valence-corrected chi connectivity index (χ2v) is 6.83. The van der Waals surface area contributed by atoms with Crippen LogP contribution in [0.5, 0.6) is 11.5 Å². The van der Waals surface area contributed by atoms with Gasteiger partial charge in [0, 0.05) is 12.6 Å². The number of benzene rings is 2. The van der Waals surface area contributed by atoms with E-state index in [0.29, 0.717) is 30.1 Å². The zero-order chi connectivity index (χ0) is 19.3. The average molecular weight is 383 g/mol. The molecule has 0 amide bonds. The van der Waals surface area contributed by atoms with Crippen LogP contribution >= 0.6 is 0 Å². The molecule has 0 saturated heterocycles. The summed E-state index contributed by atoms with van der Waals surface area (Å²) < 4.78 is 29.1. The van der Waals surface area contributed by atoms with E-state index in [-0.39, 0.29) is 12.4 Å². The van der Waals surface area contributed by atoms with Crippen LogP contribution in [0.3, 0.4) is 0 Å². The first kappa shape index (κ1) is 18.4. The standard InChI is InChI=1S/C21H22FN3O3/c1-26-18-8-2-15(3-9-18)12-25(17-6-7-17)13-21-23-20(24-28-21)14-27-19-10-4-16(22)5-11-19/h2-5,8-11,17H,6-7,12-14H2,1H3. The van der Waals surface area contributed by atoms with Crippen molar-refractivity contribution in [3.63, 3.8) is 0 Å². The summed E-state index contributed by atoms with van der Waals surface area (Å²) in [4.78, 5) is 6.77. The van der Waals surface area contributed by atoms with Gasteiger partial charge in [0.2, 0.25) is 11.7 Å². The third-order valence-electron chi connectivity index (χ3n) is 4.64. The van der Waals surface area contributed by atoms with Crippen LogP contribution in [-0.2, 0) is 19.7 Å². The summed E-state index contributed by atoms with van der Waals surface area (Å²) in [6.45, 7) is 1.59. The number of hydrogen-bond acceptors (Lipinski definition) is 6. The fourth-order valence-corrected chi connectivity index (χ4v) is 2.98. The molecule has 0 spiro atoms. The monoisotopic (exact) mass is 383 g/mol. The van der Waals surface area contributed by atoms with Gasteiger partial charge in [-0.1, -0.05) is 17.3 Å². The van der Waals surface area contributed by atoms with Crippen LogP contribution < -0.4 is 9.47 Å². The first-order valence-electron chi connectivity index (χ1n) is 9.26. The molecule has 0 aliphatic heterocycles. The number of methoxy groups -OCH3 is 1. The number of halogens is 1. The summed E-state index contributed by atoms with van der Waals surface area (Å²) in [5.74, 6) is 2.15. The molecule has 1 heterocycles. The molecular formula is C21H22FN3O3. The molecule has 1 aliphatic carbocycles. The van der Waals surface area contributed by atoms with Crippen molar-refractivity contribution in [1.29, 1.82) is 0 Å². The summed E-state index contributed by atoms with van der Waals surface area (Å²) in [7, 11) is 1.67. The number of hydrogen-bond donors (Lipinski definition) is 0. The number of rotatable bonds is 9. The van der Waals surface area contributed by atoms with Crippen molar-refractivity contribution in [3.8, 4) is 11.5 Å². The van der Waals surface area contributed by atoms with Crippen molar-refractivity contribution in [2.45, 2.75) is 38.6 Å². The fraction of sp³-hybridized carbons (Fsp3) is 0.333. The molecule has 146 valence electrons. The topological polar surface area (TPSA) is 60.6 Å². The van der Waals surface area contributed by atoms with E-state index in [9.17, 15) is 4.39 Å². The maximum atomic E-state index is 12.9. The van der Waals surface area contributed by atoms with Crippen LogP contribution in [0.1, 0.15) is 30.1 Å². The van der Waals surface area contributed by atoms with E-state index in [1.807, 2.05) is 12.1 Å². The highest BCUT2D eigenvalue weighted by Gasteiger charge is 2.30. The molecule has 2 aromatic carbocycles. The molecule has 1 fully saturated rings. The van der Waals surface area contributed by atoms with Crippen LogP contribution in [0.15, 0.2) is 53.1 Å². The maximum Gasteiger partial charge on any atom is 0.240 e. The highest BCUT2D eigenvalue weighted by Crippen LogP contribution is 2.30. The SMILES string of the molecule is COc1ccc(CN(Cc2nc(COc3ccc(F)cc3)no2)C2CC2)cc1. The van der Waals surface area contributed by atoms with Crippen molar-refractivity contribution >= 4 is 0 Å². The van der Waals surface area contributed by atoms with Crippen molar-refractivity contribution < 1.29 is 18.4 Å². The predicted molar refractivity (Wildman–Crippen MR) is 100 cm³/mol. The molecule has 4 rings (SSSR count). The number of aromatic nitrogens is 2. The van der Waals surface area contributed by atoms with Crippen LogP contribution in [0, 0.1) is 5.82 Å². The van der Waals surface area contributed by atoms with Crippen molar-refractivity contribution in [3.05, 3.63) is 71.6 Å². The molecule has 7 heteroatoms. The van der Waals surface area contributed by atoms with Gasteiger partial charge in [0.25, 0.3) is 0 Å². The van der Waals surface area contributed by atoms with Crippen molar-refractivity contribution in [1.82, 2.24) is 15.0 Å². The predicted octanol–water partition coefficient (Wildman–Crippen LogP) is 3.96. The zero-order valence-corrected chi connectivity index (χ0v) is 15.7. The largest absolute Gasteiger partial charge is 0.497 e. The molecular weight excluding hydrogens is 361 g/mol. The second kappa shape index (κ2) is 8.39. The van der Waals surface area contributed by atoms with E-state index in [1.54, 1.807) is 19.2 Å². The first-order chi connectivity index (χ1) is 13.7. The van der Waals surface area contributed by atoms with Gasteiger partial charge in [-0.15, -0.1) is 0 Å². The Balaban J connectivity index is 1.34.